The number of anilines is 3. The fourth-order valence-electron chi connectivity index (χ4n) is 8.32. The van der Waals surface area contributed by atoms with E-state index in [1.165, 1.54) is 78.3 Å². The summed E-state index contributed by atoms with van der Waals surface area (Å²) in [6.45, 7) is 0. The average molecular weight is 772 g/mol. The second-order valence-electron chi connectivity index (χ2n) is 13.8. The molecule has 3 heterocycles. The van der Waals surface area contributed by atoms with E-state index in [1.807, 2.05) is 12.1 Å². The fourth-order valence-corrected chi connectivity index (χ4v) is 10.0. The molecule has 0 aliphatic carbocycles. The van der Waals surface area contributed by atoms with Gasteiger partial charge in [0.2, 0.25) is 0 Å². The second kappa shape index (κ2) is 12.4. The Balaban J connectivity index is 1.07. The van der Waals surface area contributed by atoms with Gasteiger partial charge in [-0.15, -0.1) is 0 Å². The Labute approximate surface area is 331 Å². The minimum Gasteiger partial charge on any atom is -0.304 e. The van der Waals surface area contributed by atoms with E-state index in [-0.39, 0.29) is 0 Å². The van der Waals surface area contributed by atoms with Crippen LogP contribution in [-0.4, -0.2) is 26.2 Å². The zero-order valence-corrected chi connectivity index (χ0v) is 31.7. The van der Waals surface area contributed by atoms with Gasteiger partial charge in [-0.1, -0.05) is 109 Å². The molecule has 0 bridgehead atoms. The third-order valence-electron chi connectivity index (χ3n) is 10.9. The maximum atomic E-state index is 4.98. The van der Waals surface area contributed by atoms with Crippen molar-refractivity contribution < 1.29 is 0 Å². The molecule has 9 aromatic carbocycles. The van der Waals surface area contributed by atoms with Gasteiger partial charge in [-0.05, 0) is 96.7 Å². The molecule has 0 fully saturated rings. The van der Waals surface area contributed by atoms with Crippen LogP contribution in [0, 0.1) is 0 Å². The van der Waals surface area contributed by atoms with Gasteiger partial charge in [0.15, 0.2) is 0 Å². The largest absolute Gasteiger partial charge is 0.304 e. The Hall–Kier alpha value is -6.72. The monoisotopic (exact) mass is 771 g/mol. The summed E-state index contributed by atoms with van der Waals surface area (Å²) >= 11 is 3.66. The molecule has 0 saturated carbocycles. The van der Waals surface area contributed by atoms with E-state index in [0.29, 0.717) is 0 Å². The predicted octanol–water partition coefficient (Wildman–Crippen LogP) is 13.1. The smallest absolute Gasteiger partial charge is 0.129 e. The lowest BCUT2D eigenvalue weighted by molar-refractivity contribution is 1.31. The quantitative estimate of drug-likeness (QED) is 0.161. The normalized spacial score (nSPS) is 11.9. The third kappa shape index (κ3) is 4.73. The Morgan fingerprint density at radius 3 is 1.66 bits per heavy atom. The van der Waals surface area contributed by atoms with E-state index in [1.54, 1.807) is 0 Å². The highest BCUT2D eigenvalue weighted by Crippen LogP contribution is 2.47. The number of fused-ring (bicyclic) bond motifs is 9. The van der Waals surface area contributed by atoms with Crippen molar-refractivity contribution in [1.82, 2.24) is 26.2 Å². The molecule has 0 aliphatic rings. The predicted molar refractivity (Wildman–Crippen MR) is 235 cm³/mol. The highest BCUT2D eigenvalue weighted by Gasteiger charge is 2.26. The number of aromatic nitrogens is 6. The zero-order chi connectivity index (χ0) is 36.7. The molecule has 3 aromatic heterocycles. The van der Waals surface area contributed by atoms with E-state index >= 15 is 0 Å². The van der Waals surface area contributed by atoms with E-state index in [2.05, 4.69) is 149 Å². The third-order valence-corrected chi connectivity index (χ3v) is 12.5. The summed E-state index contributed by atoms with van der Waals surface area (Å²) in [6, 6.07) is 53.9. The lowest BCUT2D eigenvalue weighted by Gasteiger charge is -2.26. The summed E-state index contributed by atoms with van der Waals surface area (Å²) in [5, 5.41) is 9.70. The van der Waals surface area contributed by atoms with Crippen LogP contribution in [0.15, 0.2) is 152 Å². The first-order valence-corrected chi connectivity index (χ1v) is 20.3. The highest BCUT2D eigenvalue weighted by atomic mass is 32.1. The Bertz CT molecular complexity index is 3530. The Kier molecular flexibility index (Phi) is 7.00. The SMILES string of the molecule is c1ccc2c(c1)ccc1ccc(-c3ccc(N(c4cccc5nsnc45)c4ccc(-c5cccc6c5ccc5ccccc56)c5nsnc45)c4nsnc34)cc12. The van der Waals surface area contributed by atoms with Crippen LogP contribution in [0.1, 0.15) is 0 Å². The van der Waals surface area contributed by atoms with E-state index in [9.17, 15) is 0 Å². The summed E-state index contributed by atoms with van der Waals surface area (Å²) < 4.78 is 29.2. The minimum atomic E-state index is 0.798. The summed E-state index contributed by atoms with van der Waals surface area (Å²) in [5.74, 6) is 0. The molecule has 0 aliphatic heterocycles. The molecule has 7 nitrogen and oxygen atoms in total. The standard InChI is InChI=1S/C46H25N7S3/c1-3-9-30-27(8-1)19-20-35-33(30)11-5-12-34(35)36-22-24-41(46-43(36)49-56-52-46)53(39-14-6-13-38-44(39)50-54-47-38)40-23-21-32(42-45(40)51-55-48-42)29-18-17-28-16-15-26-7-2-4-10-31(26)37(28)25-29/h1-25H. The molecule has 56 heavy (non-hydrogen) atoms. The van der Waals surface area contributed by atoms with Crippen molar-refractivity contribution in [3.8, 4) is 22.3 Å². The van der Waals surface area contributed by atoms with Gasteiger partial charge in [-0.3, -0.25) is 0 Å². The van der Waals surface area contributed by atoms with Crippen LogP contribution in [0.4, 0.5) is 17.1 Å². The summed E-state index contributed by atoms with van der Waals surface area (Å²) in [6.07, 6.45) is 0. The zero-order valence-electron chi connectivity index (χ0n) is 29.3. The maximum Gasteiger partial charge on any atom is 0.129 e. The molecule has 0 unspecified atom stereocenters. The first-order chi connectivity index (χ1) is 27.8. The molecule has 0 N–H and O–H groups in total. The van der Waals surface area contributed by atoms with E-state index in [0.717, 1.165) is 72.4 Å². The van der Waals surface area contributed by atoms with Gasteiger partial charge in [0.05, 0.1) is 52.2 Å². The molecule has 0 spiro atoms. The highest BCUT2D eigenvalue weighted by molar-refractivity contribution is 7.00. The summed E-state index contributed by atoms with van der Waals surface area (Å²) in [4.78, 5) is 2.22. The lowest BCUT2D eigenvalue weighted by Crippen LogP contribution is -2.12. The topological polar surface area (TPSA) is 80.6 Å². The molecule has 12 rings (SSSR count). The van der Waals surface area contributed by atoms with Gasteiger partial charge in [0.1, 0.15) is 33.1 Å². The van der Waals surface area contributed by atoms with Crippen LogP contribution in [0.25, 0.3) is 98.4 Å². The molecular formula is C46H25N7S3. The number of benzene rings is 9. The van der Waals surface area contributed by atoms with Gasteiger partial charge >= 0.3 is 0 Å². The maximum absolute atomic E-state index is 4.98. The van der Waals surface area contributed by atoms with Crippen LogP contribution in [0.3, 0.4) is 0 Å². The number of hydrogen-bond acceptors (Lipinski definition) is 10. The van der Waals surface area contributed by atoms with Crippen molar-refractivity contribution in [2.75, 3.05) is 4.90 Å². The van der Waals surface area contributed by atoms with Crippen molar-refractivity contribution in [2.45, 2.75) is 0 Å². The van der Waals surface area contributed by atoms with Gasteiger partial charge in [-0.25, -0.2) is 0 Å². The first kappa shape index (κ1) is 31.6. The van der Waals surface area contributed by atoms with Crippen LogP contribution in [-0.2, 0) is 0 Å². The van der Waals surface area contributed by atoms with Gasteiger partial charge in [0, 0.05) is 11.1 Å². The Morgan fingerprint density at radius 2 is 0.875 bits per heavy atom. The van der Waals surface area contributed by atoms with Gasteiger partial charge < -0.3 is 4.90 Å². The molecule has 12 aromatic rings. The van der Waals surface area contributed by atoms with Crippen molar-refractivity contribution in [2.24, 2.45) is 0 Å². The number of rotatable bonds is 5. The Morgan fingerprint density at radius 1 is 0.321 bits per heavy atom. The molecule has 0 amide bonds. The number of hydrogen-bond donors (Lipinski definition) is 0. The van der Waals surface area contributed by atoms with Crippen LogP contribution < -0.4 is 4.90 Å². The van der Waals surface area contributed by atoms with Gasteiger partial charge in [0.25, 0.3) is 0 Å². The fraction of sp³-hybridized carbons (Fsp3) is 0. The van der Waals surface area contributed by atoms with Crippen LogP contribution in [0.5, 0.6) is 0 Å². The summed E-state index contributed by atoms with van der Waals surface area (Å²) in [5.41, 5.74) is 11.8. The molecular weight excluding hydrogens is 747 g/mol. The van der Waals surface area contributed by atoms with E-state index < -0.39 is 0 Å². The van der Waals surface area contributed by atoms with Gasteiger partial charge in [-0.2, -0.15) is 26.2 Å². The molecule has 262 valence electrons. The van der Waals surface area contributed by atoms with Crippen molar-refractivity contribution >= 4 is 128 Å². The molecule has 0 radical (unpaired) electrons. The molecule has 0 saturated heterocycles. The number of nitrogens with zero attached hydrogens (tertiary/aromatic N) is 7. The van der Waals surface area contributed by atoms with Crippen LogP contribution >= 0.6 is 35.2 Å². The van der Waals surface area contributed by atoms with Crippen LogP contribution in [0.2, 0.25) is 0 Å². The van der Waals surface area contributed by atoms with Crippen molar-refractivity contribution in [3.63, 3.8) is 0 Å². The second-order valence-corrected chi connectivity index (χ2v) is 15.4. The lowest BCUT2D eigenvalue weighted by atomic mass is 9.93. The first-order valence-electron chi connectivity index (χ1n) is 18.1. The molecule has 0 atom stereocenters. The molecule has 10 heteroatoms. The van der Waals surface area contributed by atoms with Crippen molar-refractivity contribution in [1.29, 1.82) is 0 Å². The minimum absolute atomic E-state index is 0.798. The van der Waals surface area contributed by atoms with E-state index in [4.69, 9.17) is 21.9 Å². The van der Waals surface area contributed by atoms with Crippen molar-refractivity contribution in [3.05, 3.63) is 152 Å². The average Bonchev–Trinajstić information content (AvgIpc) is 4.06. The summed E-state index contributed by atoms with van der Waals surface area (Å²) in [7, 11) is 0.